The fourth-order valence-electron chi connectivity index (χ4n) is 3.19. The molecule has 0 aromatic carbocycles. The number of hydrogen-bond donors (Lipinski definition) is 3. The van der Waals surface area contributed by atoms with Crippen molar-refractivity contribution in [2.45, 2.75) is 39.0 Å². The van der Waals surface area contributed by atoms with Gasteiger partial charge in [0.05, 0.1) is 0 Å². The van der Waals surface area contributed by atoms with E-state index in [0.29, 0.717) is 5.92 Å². The van der Waals surface area contributed by atoms with Gasteiger partial charge in [0.15, 0.2) is 0 Å². The minimum Gasteiger partial charge on any atom is -0.396 e. The highest BCUT2D eigenvalue weighted by Crippen LogP contribution is 2.40. The Balaban J connectivity index is 0.00000180. The Kier molecular flexibility index (Phi) is 6.57. The Bertz CT molecular complexity index is 289. The molecule has 0 aromatic rings. The Hall–Kier alpha value is -0.320. The largest absolute Gasteiger partial charge is 0.396 e. The van der Waals surface area contributed by atoms with Crippen LogP contribution in [0.15, 0.2) is 0 Å². The molecule has 1 aliphatic heterocycles. The average Bonchev–Trinajstić information content (AvgIpc) is 2.73. The number of aliphatic hydroxyl groups excluding tert-OH is 1. The number of amides is 1. The zero-order valence-corrected chi connectivity index (χ0v) is 12.6. The first-order valence-electron chi connectivity index (χ1n) is 7.26. The maximum Gasteiger partial charge on any atom is 0.223 e. The first-order valence-corrected chi connectivity index (χ1v) is 7.26. The summed E-state index contributed by atoms with van der Waals surface area (Å²) in [4.78, 5) is 12.1. The fourth-order valence-corrected chi connectivity index (χ4v) is 3.19. The topological polar surface area (TPSA) is 61.4 Å². The number of halogens is 1. The molecule has 2 fully saturated rings. The first kappa shape index (κ1) is 16.7. The van der Waals surface area contributed by atoms with Gasteiger partial charge in [-0.25, -0.2) is 0 Å². The molecule has 1 saturated heterocycles. The number of aliphatic hydroxyl groups is 1. The van der Waals surface area contributed by atoms with E-state index in [4.69, 9.17) is 0 Å². The summed E-state index contributed by atoms with van der Waals surface area (Å²) in [5.41, 5.74) is 0.169. The molecule has 0 bridgehead atoms. The standard InChI is InChI=1S/C14H26N2O2.ClH/c1-11(12-8-15-9-12)13(18)16-10-14(6-7-17)4-2-3-5-14;/h11-12,15,17H,2-10H2,1H3,(H,16,18);1H. The van der Waals surface area contributed by atoms with Crippen molar-refractivity contribution in [3.05, 3.63) is 0 Å². The third kappa shape index (κ3) is 4.07. The maximum absolute atomic E-state index is 12.1. The van der Waals surface area contributed by atoms with Gasteiger partial charge in [-0.1, -0.05) is 19.8 Å². The van der Waals surface area contributed by atoms with Gasteiger partial charge in [0.2, 0.25) is 5.91 Å². The van der Waals surface area contributed by atoms with Crippen LogP contribution in [0.25, 0.3) is 0 Å². The highest BCUT2D eigenvalue weighted by atomic mass is 35.5. The van der Waals surface area contributed by atoms with E-state index in [-0.39, 0.29) is 36.3 Å². The lowest BCUT2D eigenvalue weighted by molar-refractivity contribution is -0.127. The molecule has 4 nitrogen and oxygen atoms in total. The molecule has 5 heteroatoms. The van der Waals surface area contributed by atoms with Crippen molar-refractivity contribution in [2.24, 2.45) is 17.3 Å². The highest BCUT2D eigenvalue weighted by molar-refractivity contribution is 5.85. The second-order valence-electron chi connectivity index (χ2n) is 6.11. The normalized spacial score (nSPS) is 23.3. The SMILES string of the molecule is CC(C(=O)NCC1(CCO)CCCC1)C1CNC1.Cl. The molecule has 3 N–H and O–H groups in total. The van der Waals surface area contributed by atoms with E-state index >= 15 is 0 Å². The zero-order valence-electron chi connectivity index (χ0n) is 11.8. The molecule has 0 spiro atoms. The van der Waals surface area contributed by atoms with Gasteiger partial charge in [-0.15, -0.1) is 12.4 Å². The third-order valence-corrected chi connectivity index (χ3v) is 4.88. The van der Waals surface area contributed by atoms with Crippen molar-refractivity contribution in [1.29, 1.82) is 0 Å². The van der Waals surface area contributed by atoms with Gasteiger partial charge in [0.1, 0.15) is 0 Å². The van der Waals surface area contributed by atoms with Crippen molar-refractivity contribution in [1.82, 2.24) is 10.6 Å². The molecule has 1 saturated carbocycles. The highest BCUT2D eigenvalue weighted by Gasteiger charge is 2.35. The first-order chi connectivity index (χ1) is 8.67. The van der Waals surface area contributed by atoms with E-state index < -0.39 is 0 Å². The van der Waals surface area contributed by atoms with Crippen molar-refractivity contribution in [3.63, 3.8) is 0 Å². The molecule has 1 unspecified atom stereocenters. The van der Waals surface area contributed by atoms with Crippen molar-refractivity contribution in [2.75, 3.05) is 26.2 Å². The molecule has 1 amide bonds. The van der Waals surface area contributed by atoms with Gasteiger partial charge in [0, 0.05) is 19.1 Å². The van der Waals surface area contributed by atoms with E-state index in [2.05, 4.69) is 10.6 Å². The van der Waals surface area contributed by atoms with Crippen LogP contribution in [-0.4, -0.2) is 37.3 Å². The van der Waals surface area contributed by atoms with Gasteiger partial charge in [-0.2, -0.15) is 0 Å². The van der Waals surface area contributed by atoms with Crippen LogP contribution in [0, 0.1) is 17.3 Å². The van der Waals surface area contributed by atoms with Crippen LogP contribution in [0.1, 0.15) is 39.0 Å². The van der Waals surface area contributed by atoms with E-state index in [0.717, 1.165) is 38.9 Å². The van der Waals surface area contributed by atoms with Gasteiger partial charge < -0.3 is 15.7 Å². The quantitative estimate of drug-likeness (QED) is 0.691. The van der Waals surface area contributed by atoms with Crippen LogP contribution < -0.4 is 10.6 Å². The minimum atomic E-state index is 0. The monoisotopic (exact) mass is 290 g/mol. The Labute approximate surface area is 122 Å². The van der Waals surface area contributed by atoms with Crippen molar-refractivity contribution in [3.8, 4) is 0 Å². The van der Waals surface area contributed by atoms with Crippen LogP contribution in [0.2, 0.25) is 0 Å². The smallest absolute Gasteiger partial charge is 0.223 e. The van der Waals surface area contributed by atoms with Gasteiger partial charge in [-0.3, -0.25) is 4.79 Å². The zero-order chi connectivity index (χ0) is 13.0. The number of carbonyl (C=O) groups is 1. The van der Waals surface area contributed by atoms with Crippen LogP contribution >= 0.6 is 12.4 Å². The predicted octanol–water partition coefficient (Wildman–Crippen LogP) is 1.32. The van der Waals surface area contributed by atoms with Crippen LogP contribution in [0.5, 0.6) is 0 Å². The molecule has 2 rings (SSSR count). The summed E-state index contributed by atoms with van der Waals surface area (Å²) in [6.45, 7) is 4.94. The van der Waals surface area contributed by atoms with E-state index in [1.807, 2.05) is 6.92 Å². The molecule has 1 aliphatic carbocycles. The predicted molar refractivity (Wildman–Crippen MR) is 78.4 cm³/mol. The number of hydrogen-bond acceptors (Lipinski definition) is 3. The Morgan fingerprint density at radius 3 is 2.53 bits per heavy atom. The molecular formula is C14H27ClN2O2. The molecule has 1 atom stereocenters. The second-order valence-corrected chi connectivity index (χ2v) is 6.11. The van der Waals surface area contributed by atoms with Gasteiger partial charge in [-0.05, 0) is 43.7 Å². The number of carbonyl (C=O) groups excluding carboxylic acids is 1. The lowest BCUT2D eigenvalue weighted by Gasteiger charge is -2.33. The van der Waals surface area contributed by atoms with Crippen LogP contribution in [-0.2, 0) is 4.79 Å². The Morgan fingerprint density at radius 2 is 2.05 bits per heavy atom. The van der Waals surface area contributed by atoms with E-state index in [1.165, 1.54) is 12.8 Å². The summed E-state index contributed by atoms with van der Waals surface area (Å²) in [6.07, 6.45) is 5.59. The Morgan fingerprint density at radius 1 is 1.42 bits per heavy atom. The minimum absolute atomic E-state index is 0. The summed E-state index contributed by atoms with van der Waals surface area (Å²) in [5.74, 6) is 0.798. The van der Waals surface area contributed by atoms with Gasteiger partial charge >= 0.3 is 0 Å². The summed E-state index contributed by atoms with van der Waals surface area (Å²) >= 11 is 0. The maximum atomic E-state index is 12.1. The number of nitrogens with one attached hydrogen (secondary N) is 2. The summed E-state index contributed by atoms with van der Waals surface area (Å²) in [6, 6.07) is 0. The summed E-state index contributed by atoms with van der Waals surface area (Å²) < 4.78 is 0. The number of rotatable bonds is 6. The summed E-state index contributed by atoms with van der Waals surface area (Å²) in [7, 11) is 0. The van der Waals surface area contributed by atoms with Crippen LogP contribution in [0.4, 0.5) is 0 Å². The third-order valence-electron chi connectivity index (χ3n) is 4.88. The van der Waals surface area contributed by atoms with Gasteiger partial charge in [0.25, 0.3) is 0 Å². The molecule has 1 heterocycles. The second kappa shape index (κ2) is 7.46. The van der Waals surface area contributed by atoms with Crippen molar-refractivity contribution < 1.29 is 9.90 Å². The molecule has 2 aliphatic rings. The van der Waals surface area contributed by atoms with Crippen LogP contribution in [0.3, 0.4) is 0 Å². The average molecular weight is 291 g/mol. The summed E-state index contributed by atoms with van der Waals surface area (Å²) in [5, 5.41) is 15.5. The molecule has 19 heavy (non-hydrogen) atoms. The molecule has 0 aromatic heterocycles. The van der Waals surface area contributed by atoms with E-state index in [1.54, 1.807) is 0 Å². The molecular weight excluding hydrogens is 264 g/mol. The lowest BCUT2D eigenvalue weighted by atomic mass is 9.82. The fraction of sp³-hybridized carbons (Fsp3) is 0.929. The molecule has 0 radical (unpaired) electrons. The van der Waals surface area contributed by atoms with Crippen molar-refractivity contribution >= 4 is 18.3 Å². The molecule has 112 valence electrons. The van der Waals surface area contributed by atoms with E-state index in [9.17, 15) is 9.90 Å². The lowest BCUT2D eigenvalue weighted by Crippen LogP contribution is -2.50.